The van der Waals surface area contributed by atoms with Crippen LogP contribution in [-0.4, -0.2) is 45.3 Å². The highest BCUT2D eigenvalue weighted by atomic mass is 32.2. The average molecular weight is 398 g/mol. The van der Waals surface area contributed by atoms with Crippen LogP contribution in [0.1, 0.15) is 59.3 Å². The van der Waals surface area contributed by atoms with Crippen molar-refractivity contribution in [1.29, 1.82) is 0 Å². The van der Waals surface area contributed by atoms with E-state index < -0.39 is 30.0 Å². The van der Waals surface area contributed by atoms with Crippen LogP contribution in [0, 0.1) is 5.92 Å². The molecule has 25 heavy (non-hydrogen) atoms. The van der Waals surface area contributed by atoms with Gasteiger partial charge in [0.1, 0.15) is 0 Å². The third-order valence-electron chi connectivity index (χ3n) is 4.37. The number of alkyl halides is 6. The zero-order valence-corrected chi connectivity index (χ0v) is 15.6. The van der Waals surface area contributed by atoms with E-state index in [1.807, 2.05) is 0 Å². The minimum Gasteiger partial charge on any atom is -0.381 e. The molecule has 0 aromatic rings. The third kappa shape index (κ3) is 8.86. The summed E-state index contributed by atoms with van der Waals surface area (Å²) in [7, 11) is 0. The molecule has 0 saturated carbocycles. The highest BCUT2D eigenvalue weighted by Crippen LogP contribution is 2.37. The summed E-state index contributed by atoms with van der Waals surface area (Å²) in [6.07, 6.45) is -7.69. The van der Waals surface area contributed by atoms with E-state index >= 15 is 0 Å². The average Bonchev–Trinajstić information content (AvgIpc) is 2.42. The summed E-state index contributed by atoms with van der Waals surface area (Å²) in [5, 5.41) is 18.8. The van der Waals surface area contributed by atoms with Gasteiger partial charge < -0.3 is 10.2 Å². The van der Waals surface area contributed by atoms with Gasteiger partial charge in [-0.25, -0.2) is 0 Å². The van der Waals surface area contributed by atoms with Crippen LogP contribution in [0.15, 0.2) is 0 Å². The molecular formula is C16H28F6O2S. The molecule has 0 radical (unpaired) electrons. The predicted octanol–water partition coefficient (Wildman–Crippen LogP) is 5.32. The second-order valence-electron chi connectivity index (χ2n) is 6.88. The standard InChI is InChI=1S/C16H28F6O2S/c1-4-12(11-14(3,24)16(20,21)22)7-5-6-9-25-10-8-13(2,23)15(17,18)19/h12,23-24H,4-11H2,1-3H3. The second kappa shape index (κ2) is 9.69. The molecule has 0 spiro atoms. The Morgan fingerprint density at radius 2 is 1.36 bits per heavy atom. The quantitative estimate of drug-likeness (QED) is 0.365. The van der Waals surface area contributed by atoms with Crippen LogP contribution in [0.4, 0.5) is 26.3 Å². The summed E-state index contributed by atoms with van der Waals surface area (Å²) in [6, 6.07) is 0. The third-order valence-corrected chi connectivity index (χ3v) is 5.44. The van der Waals surface area contributed by atoms with E-state index in [-0.39, 0.29) is 18.1 Å². The first kappa shape index (κ1) is 24.8. The van der Waals surface area contributed by atoms with Crippen molar-refractivity contribution >= 4 is 11.8 Å². The fourth-order valence-electron chi connectivity index (χ4n) is 2.28. The van der Waals surface area contributed by atoms with Gasteiger partial charge in [-0.1, -0.05) is 26.2 Å². The highest BCUT2D eigenvalue weighted by Gasteiger charge is 2.50. The van der Waals surface area contributed by atoms with E-state index in [1.165, 1.54) is 11.8 Å². The largest absolute Gasteiger partial charge is 0.416 e. The van der Waals surface area contributed by atoms with Crippen molar-refractivity contribution < 1.29 is 36.6 Å². The zero-order chi connectivity index (χ0) is 19.9. The molecule has 3 unspecified atom stereocenters. The lowest BCUT2D eigenvalue weighted by Crippen LogP contribution is -2.43. The van der Waals surface area contributed by atoms with E-state index in [0.717, 1.165) is 13.8 Å². The van der Waals surface area contributed by atoms with E-state index in [0.29, 0.717) is 31.4 Å². The van der Waals surface area contributed by atoms with Gasteiger partial charge in [-0.05, 0) is 50.5 Å². The van der Waals surface area contributed by atoms with Gasteiger partial charge in [0.15, 0.2) is 11.2 Å². The monoisotopic (exact) mass is 398 g/mol. The van der Waals surface area contributed by atoms with Crippen molar-refractivity contribution in [3.05, 3.63) is 0 Å². The van der Waals surface area contributed by atoms with Crippen LogP contribution >= 0.6 is 11.8 Å². The summed E-state index contributed by atoms with van der Waals surface area (Å²) in [5.41, 5.74) is -5.40. The molecule has 0 aliphatic heterocycles. The van der Waals surface area contributed by atoms with Gasteiger partial charge in [0.25, 0.3) is 0 Å². The van der Waals surface area contributed by atoms with Gasteiger partial charge in [-0.15, -0.1) is 0 Å². The number of aliphatic hydroxyl groups is 2. The number of halogens is 6. The van der Waals surface area contributed by atoms with Crippen molar-refractivity contribution in [3.63, 3.8) is 0 Å². The summed E-state index contributed by atoms with van der Waals surface area (Å²) >= 11 is 1.28. The highest BCUT2D eigenvalue weighted by molar-refractivity contribution is 7.99. The first-order chi connectivity index (χ1) is 11.1. The van der Waals surface area contributed by atoms with Crippen molar-refractivity contribution in [2.45, 2.75) is 82.9 Å². The summed E-state index contributed by atoms with van der Waals surface area (Å²) in [5.74, 6) is 0.486. The Bertz CT molecular complexity index is 380. The van der Waals surface area contributed by atoms with Crippen molar-refractivity contribution in [3.8, 4) is 0 Å². The number of unbranched alkanes of at least 4 members (excludes halogenated alkanes) is 1. The number of hydrogen-bond donors (Lipinski definition) is 2. The van der Waals surface area contributed by atoms with E-state index in [2.05, 4.69) is 0 Å². The molecule has 0 heterocycles. The maximum atomic E-state index is 12.7. The van der Waals surface area contributed by atoms with Crippen LogP contribution in [0.2, 0.25) is 0 Å². The van der Waals surface area contributed by atoms with Gasteiger partial charge >= 0.3 is 12.4 Å². The first-order valence-corrected chi connectivity index (χ1v) is 9.45. The molecular weight excluding hydrogens is 370 g/mol. The minimum atomic E-state index is -4.66. The fourth-order valence-corrected chi connectivity index (χ4v) is 3.43. The molecule has 0 aliphatic carbocycles. The Labute approximate surface area is 149 Å². The lowest BCUT2D eigenvalue weighted by molar-refractivity contribution is -0.258. The molecule has 0 saturated heterocycles. The lowest BCUT2D eigenvalue weighted by atomic mass is 9.86. The Balaban J connectivity index is 4.01. The van der Waals surface area contributed by atoms with Gasteiger partial charge in [-0.2, -0.15) is 38.1 Å². The maximum absolute atomic E-state index is 12.7. The minimum absolute atomic E-state index is 0.159. The number of thioether (sulfide) groups is 1. The summed E-state index contributed by atoms with van der Waals surface area (Å²) < 4.78 is 75.4. The molecule has 0 bridgehead atoms. The molecule has 2 N–H and O–H groups in total. The van der Waals surface area contributed by atoms with E-state index in [4.69, 9.17) is 0 Å². The van der Waals surface area contributed by atoms with Gasteiger partial charge in [0, 0.05) is 0 Å². The maximum Gasteiger partial charge on any atom is 0.416 e. The van der Waals surface area contributed by atoms with Crippen LogP contribution in [-0.2, 0) is 0 Å². The van der Waals surface area contributed by atoms with Crippen molar-refractivity contribution in [2.75, 3.05) is 11.5 Å². The molecule has 0 amide bonds. The summed E-state index contributed by atoms with van der Waals surface area (Å²) in [4.78, 5) is 0. The van der Waals surface area contributed by atoms with E-state index in [1.54, 1.807) is 6.92 Å². The molecule has 0 aliphatic rings. The lowest BCUT2D eigenvalue weighted by Gasteiger charge is -2.30. The molecule has 0 rings (SSSR count). The van der Waals surface area contributed by atoms with Gasteiger partial charge in [0.05, 0.1) is 0 Å². The number of hydrogen-bond acceptors (Lipinski definition) is 3. The molecule has 0 fully saturated rings. The Hall–Kier alpha value is -0.150. The predicted molar refractivity (Wildman–Crippen MR) is 87.5 cm³/mol. The van der Waals surface area contributed by atoms with Crippen LogP contribution in [0.3, 0.4) is 0 Å². The second-order valence-corrected chi connectivity index (χ2v) is 8.10. The topological polar surface area (TPSA) is 40.5 Å². The molecule has 2 nitrogen and oxygen atoms in total. The Kier molecular flexibility index (Phi) is 9.63. The summed E-state index contributed by atoms with van der Waals surface area (Å²) in [6.45, 7) is 3.29. The number of rotatable bonds is 11. The normalized spacial score (nSPS) is 19.3. The Morgan fingerprint density at radius 1 is 0.840 bits per heavy atom. The van der Waals surface area contributed by atoms with Crippen LogP contribution < -0.4 is 0 Å². The first-order valence-electron chi connectivity index (χ1n) is 8.30. The van der Waals surface area contributed by atoms with Crippen molar-refractivity contribution in [1.82, 2.24) is 0 Å². The Morgan fingerprint density at radius 3 is 1.80 bits per heavy atom. The smallest absolute Gasteiger partial charge is 0.381 e. The van der Waals surface area contributed by atoms with Gasteiger partial charge in [0.2, 0.25) is 0 Å². The van der Waals surface area contributed by atoms with Gasteiger partial charge in [-0.3, -0.25) is 0 Å². The van der Waals surface area contributed by atoms with Crippen LogP contribution in [0.5, 0.6) is 0 Å². The molecule has 0 aromatic heterocycles. The van der Waals surface area contributed by atoms with Crippen LogP contribution in [0.25, 0.3) is 0 Å². The molecule has 3 atom stereocenters. The fraction of sp³-hybridized carbons (Fsp3) is 1.00. The SMILES string of the molecule is CCC(CCCCSCCC(C)(O)C(F)(F)F)CC(C)(O)C(F)(F)F. The molecule has 152 valence electrons. The molecule has 9 heteroatoms. The molecule has 0 aromatic carbocycles. The zero-order valence-electron chi connectivity index (χ0n) is 14.8. The van der Waals surface area contributed by atoms with Crippen molar-refractivity contribution in [2.24, 2.45) is 5.92 Å². The van der Waals surface area contributed by atoms with E-state index in [9.17, 15) is 36.6 Å².